The first kappa shape index (κ1) is 13.8. The molecule has 4 aliphatic rings. The van der Waals surface area contributed by atoms with Gasteiger partial charge in [-0.25, -0.2) is 0 Å². The number of carbonyl (C=O) groups excluding carboxylic acids is 1. The molecule has 0 aliphatic heterocycles. The van der Waals surface area contributed by atoms with Crippen molar-refractivity contribution in [2.75, 3.05) is 0 Å². The average Bonchev–Trinajstić information content (AvgIpc) is 2.89. The Kier molecular flexibility index (Phi) is 3.36. The van der Waals surface area contributed by atoms with Gasteiger partial charge in [-0.3, -0.25) is 4.79 Å². The summed E-state index contributed by atoms with van der Waals surface area (Å²) in [5, 5.41) is 5.39. The van der Waals surface area contributed by atoms with Crippen molar-refractivity contribution in [1.82, 2.24) is 5.32 Å². The fraction of sp³-hybridized carbons (Fsp3) is 0.722. The molecule has 1 atom stereocenters. The average molecular weight is 303 g/mol. The van der Waals surface area contributed by atoms with Gasteiger partial charge in [0.05, 0.1) is 6.42 Å². The molecule has 21 heavy (non-hydrogen) atoms. The molecule has 5 rings (SSSR count). The Balaban J connectivity index is 1.42. The van der Waals surface area contributed by atoms with Crippen LogP contribution in [0.5, 0.6) is 0 Å². The van der Waals surface area contributed by atoms with Crippen LogP contribution in [-0.2, 0) is 11.2 Å². The lowest BCUT2D eigenvalue weighted by atomic mass is 9.48. The van der Waals surface area contributed by atoms with Crippen LogP contribution in [0.3, 0.4) is 0 Å². The summed E-state index contributed by atoms with van der Waals surface area (Å²) in [6.07, 6.45) is 9.03. The van der Waals surface area contributed by atoms with E-state index < -0.39 is 0 Å². The Hall–Kier alpha value is -0.830. The highest BCUT2D eigenvalue weighted by atomic mass is 32.1. The molecule has 0 spiro atoms. The highest BCUT2D eigenvalue weighted by Crippen LogP contribution is 2.61. The zero-order valence-electron chi connectivity index (χ0n) is 12.8. The third kappa shape index (κ3) is 2.54. The van der Waals surface area contributed by atoms with Gasteiger partial charge >= 0.3 is 0 Å². The lowest BCUT2D eigenvalue weighted by Crippen LogP contribution is -2.56. The molecule has 3 heteroatoms. The first-order valence-corrected chi connectivity index (χ1v) is 9.33. The zero-order chi connectivity index (χ0) is 14.4. The van der Waals surface area contributed by atoms with Gasteiger partial charge in [0.1, 0.15) is 0 Å². The fourth-order valence-corrected chi connectivity index (χ4v) is 6.43. The van der Waals surface area contributed by atoms with Crippen LogP contribution < -0.4 is 5.32 Å². The van der Waals surface area contributed by atoms with Crippen molar-refractivity contribution in [3.63, 3.8) is 0 Å². The van der Waals surface area contributed by atoms with Gasteiger partial charge in [0, 0.05) is 10.9 Å². The van der Waals surface area contributed by atoms with Crippen molar-refractivity contribution in [2.45, 2.75) is 57.9 Å². The van der Waals surface area contributed by atoms with Crippen molar-refractivity contribution in [1.29, 1.82) is 0 Å². The minimum absolute atomic E-state index is 0.209. The summed E-state index contributed by atoms with van der Waals surface area (Å²) in [6, 6.07) is 4.42. The molecule has 0 aromatic carbocycles. The van der Waals surface area contributed by atoms with Crippen LogP contribution in [0.15, 0.2) is 17.5 Å². The molecule has 2 nitrogen and oxygen atoms in total. The van der Waals surface area contributed by atoms with Gasteiger partial charge in [-0.05, 0) is 80.1 Å². The largest absolute Gasteiger partial charge is 0.353 e. The number of nitrogens with one attached hydrogen (secondary N) is 1. The smallest absolute Gasteiger partial charge is 0.225 e. The van der Waals surface area contributed by atoms with Gasteiger partial charge in [-0.1, -0.05) is 6.07 Å². The molecule has 1 aromatic heterocycles. The van der Waals surface area contributed by atoms with Crippen LogP contribution in [0.4, 0.5) is 0 Å². The monoisotopic (exact) mass is 303 g/mol. The molecule has 0 radical (unpaired) electrons. The second-order valence-corrected chi connectivity index (χ2v) is 8.86. The molecule has 1 N–H and O–H groups in total. The van der Waals surface area contributed by atoms with Gasteiger partial charge < -0.3 is 5.32 Å². The minimum Gasteiger partial charge on any atom is -0.353 e. The third-order valence-electron chi connectivity index (χ3n) is 6.30. The summed E-state index contributed by atoms with van der Waals surface area (Å²) < 4.78 is 0. The van der Waals surface area contributed by atoms with Gasteiger partial charge in [0.25, 0.3) is 0 Å². The molecule has 4 aliphatic carbocycles. The SMILES string of the molecule is C[C@H](NC(=O)Cc1cccs1)C12CC3CC(CC(C3)C1)C2. The van der Waals surface area contributed by atoms with E-state index in [0.717, 1.165) is 17.8 Å². The molecule has 4 saturated carbocycles. The number of thiophene rings is 1. The van der Waals surface area contributed by atoms with E-state index in [-0.39, 0.29) is 5.91 Å². The number of rotatable bonds is 4. The maximum Gasteiger partial charge on any atom is 0.225 e. The molecule has 4 bridgehead atoms. The third-order valence-corrected chi connectivity index (χ3v) is 7.17. The number of hydrogen-bond acceptors (Lipinski definition) is 2. The van der Waals surface area contributed by atoms with Gasteiger partial charge in [0.15, 0.2) is 0 Å². The Morgan fingerprint density at radius 3 is 2.43 bits per heavy atom. The van der Waals surface area contributed by atoms with Crippen LogP contribution in [0.25, 0.3) is 0 Å². The summed E-state index contributed by atoms with van der Waals surface area (Å²) in [6.45, 7) is 2.26. The highest BCUT2D eigenvalue weighted by molar-refractivity contribution is 7.10. The van der Waals surface area contributed by atoms with Crippen molar-refractivity contribution in [2.24, 2.45) is 23.2 Å². The molecule has 1 heterocycles. The topological polar surface area (TPSA) is 29.1 Å². The molecule has 4 fully saturated rings. The quantitative estimate of drug-likeness (QED) is 0.894. The van der Waals surface area contributed by atoms with Crippen LogP contribution in [0, 0.1) is 23.2 Å². The van der Waals surface area contributed by atoms with Crippen LogP contribution in [-0.4, -0.2) is 11.9 Å². The van der Waals surface area contributed by atoms with E-state index in [2.05, 4.69) is 18.3 Å². The predicted molar refractivity (Wildman–Crippen MR) is 86.2 cm³/mol. The van der Waals surface area contributed by atoms with E-state index in [4.69, 9.17) is 0 Å². The standard InChI is InChI=1S/C18H25NOS/c1-12(19-17(20)8-16-3-2-4-21-16)18-9-13-5-14(10-18)7-15(6-13)11-18/h2-4,12-15H,5-11H2,1H3,(H,19,20)/t12-,13?,14?,15?,18?/m0/s1. The molecule has 114 valence electrons. The lowest BCUT2D eigenvalue weighted by molar-refractivity contribution is -0.125. The van der Waals surface area contributed by atoms with Crippen molar-refractivity contribution in [3.05, 3.63) is 22.4 Å². The van der Waals surface area contributed by atoms with E-state index in [1.807, 2.05) is 11.4 Å². The fourth-order valence-electron chi connectivity index (χ4n) is 5.72. The molecular weight excluding hydrogens is 278 g/mol. The van der Waals surface area contributed by atoms with Crippen LogP contribution in [0.1, 0.15) is 50.3 Å². The van der Waals surface area contributed by atoms with E-state index in [1.165, 1.54) is 43.4 Å². The summed E-state index contributed by atoms with van der Waals surface area (Å²) in [5.41, 5.74) is 0.417. The minimum atomic E-state index is 0.209. The number of amides is 1. The van der Waals surface area contributed by atoms with E-state index in [9.17, 15) is 4.79 Å². The molecule has 1 amide bonds. The van der Waals surface area contributed by atoms with Gasteiger partial charge in [0.2, 0.25) is 5.91 Å². The molecule has 0 unspecified atom stereocenters. The van der Waals surface area contributed by atoms with Crippen molar-refractivity contribution in [3.8, 4) is 0 Å². The first-order valence-electron chi connectivity index (χ1n) is 8.45. The summed E-state index contributed by atoms with van der Waals surface area (Å²) in [4.78, 5) is 13.5. The normalized spacial score (nSPS) is 38.4. The Bertz CT molecular complexity index is 486. The second-order valence-electron chi connectivity index (χ2n) is 7.83. The Morgan fingerprint density at radius 1 is 1.29 bits per heavy atom. The van der Waals surface area contributed by atoms with Crippen LogP contribution in [0.2, 0.25) is 0 Å². The zero-order valence-corrected chi connectivity index (χ0v) is 13.6. The first-order chi connectivity index (χ1) is 10.1. The number of carbonyl (C=O) groups is 1. The van der Waals surface area contributed by atoms with E-state index in [1.54, 1.807) is 11.3 Å². The summed E-state index contributed by atoms with van der Waals surface area (Å²) in [7, 11) is 0. The molecular formula is C18H25NOS. The maximum atomic E-state index is 12.3. The predicted octanol–water partition coefficient (Wildman–Crippen LogP) is 4.01. The van der Waals surface area contributed by atoms with Crippen LogP contribution >= 0.6 is 11.3 Å². The lowest BCUT2D eigenvalue weighted by Gasteiger charge is -2.59. The van der Waals surface area contributed by atoms with Gasteiger partial charge in [-0.15, -0.1) is 11.3 Å². The highest BCUT2D eigenvalue weighted by Gasteiger charge is 2.53. The second kappa shape index (κ2) is 5.12. The van der Waals surface area contributed by atoms with E-state index in [0.29, 0.717) is 17.9 Å². The Morgan fingerprint density at radius 2 is 1.90 bits per heavy atom. The van der Waals surface area contributed by atoms with Gasteiger partial charge in [-0.2, -0.15) is 0 Å². The maximum absolute atomic E-state index is 12.3. The van der Waals surface area contributed by atoms with Crippen molar-refractivity contribution < 1.29 is 4.79 Å². The Labute approximate surface area is 131 Å². The van der Waals surface area contributed by atoms with E-state index >= 15 is 0 Å². The molecule has 0 saturated heterocycles. The van der Waals surface area contributed by atoms with Crippen molar-refractivity contribution >= 4 is 17.2 Å². The summed E-state index contributed by atoms with van der Waals surface area (Å²) in [5.74, 6) is 3.06. The summed E-state index contributed by atoms with van der Waals surface area (Å²) >= 11 is 1.68. The molecule has 1 aromatic rings. The number of hydrogen-bond donors (Lipinski definition) is 1.